The maximum Gasteiger partial charge on any atom is 0.328 e. The van der Waals surface area contributed by atoms with Gasteiger partial charge >= 0.3 is 5.69 Å². The smallest absolute Gasteiger partial charge is 0.328 e. The summed E-state index contributed by atoms with van der Waals surface area (Å²) in [5.74, 6) is -0.886. The zero-order valence-electron chi connectivity index (χ0n) is 13.8. The summed E-state index contributed by atoms with van der Waals surface area (Å²) in [7, 11) is 0. The minimum atomic E-state index is -0.693. The molecule has 0 atom stereocenters. The van der Waals surface area contributed by atoms with Gasteiger partial charge in [0.25, 0.3) is 11.5 Å². The largest absolute Gasteiger partial charge is 0.338 e. The molecule has 0 saturated carbocycles. The van der Waals surface area contributed by atoms with Crippen LogP contribution in [0.4, 0.5) is 4.39 Å². The Morgan fingerprint density at radius 2 is 1.76 bits per heavy atom. The highest BCUT2D eigenvalue weighted by molar-refractivity contribution is 5.93. The van der Waals surface area contributed by atoms with Gasteiger partial charge in [0.15, 0.2) is 0 Å². The maximum absolute atomic E-state index is 13.8. The quantitative estimate of drug-likeness (QED) is 0.921. The van der Waals surface area contributed by atoms with Gasteiger partial charge in [0, 0.05) is 24.8 Å². The molecule has 1 fully saturated rings. The number of nitrogens with zero attached hydrogens (tertiary/aromatic N) is 2. The number of nitrogens with one attached hydrogen (secondary N) is 1. The van der Waals surface area contributed by atoms with E-state index in [1.807, 2.05) is 0 Å². The van der Waals surface area contributed by atoms with Crippen LogP contribution in [0.3, 0.4) is 0 Å². The first kappa shape index (κ1) is 17.1. The summed E-state index contributed by atoms with van der Waals surface area (Å²) in [4.78, 5) is 41.4. The minimum absolute atomic E-state index is 0.0853. The molecular formula is C18H20FN3O3. The molecule has 3 rings (SSSR count). The van der Waals surface area contributed by atoms with Gasteiger partial charge < -0.3 is 9.88 Å². The summed E-state index contributed by atoms with van der Waals surface area (Å²) in [6, 6.07) is 5.93. The third-order valence-electron chi connectivity index (χ3n) is 4.47. The van der Waals surface area contributed by atoms with Crippen LogP contribution in [0, 0.1) is 5.82 Å². The Labute approximate surface area is 143 Å². The first-order valence-corrected chi connectivity index (χ1v) is 8.43. The number of benzene rings is 1. The van der Waals surface area contributed by atoms with Crippen molar-refractivity contribution < 1.29 is 9.18 Å². The molecule has 2 aromatic rings. The van der Waals surface area contributed by atoms with E-state index in [1.54, 1.807) is 11.0 Å². The molecule has 1 aromatic heterocycles. The molecule has 1 aromatic carbocycles. The van der Waals surface area contributed by atoms with Crippen molar-refractivity contribution in [1.29, 1.82) is 0 Å². The fraction of sp³-hybridized carbons (Fsp3) is 0.389. The summed E-state index contributed by atoms with van der Waals surface area (Å²) in [5.41, 5.74) is -1.23. The highest BCUT2D eigenvalue weighted by atomic mass is 19.1. The minimum Gasteiger partial charge on any atom is -0.338 e. The second kappa shape index (κ2) is 7.46. The van der Waals surface area contributed by atoms with Gasteiger partial charge in [0.05, 0.1) is 6.54 Å². The summed E-state index contributed by atoms with van der Waals surface area (Å²) in [5, 5.41) is 0. The molecule has 0 aliphatic carbocycles. The maximum atomic E-state index is 13.8. The van der Waals surface area contributed by atoms with Crippen molar-refractivity contribution in [2.24, 2.45) is 0 Å². The number of hydrogen-bond acceptors (Lipinski definition) is 3. The van der Waals surface area contributed by atoms with Crippen LogP contribution in [0.25, 0.3) is 0 Å². The number of aromatic nitrogens is 2. The molecule has 7 heteroatoms. The van der Waals surface area contributed by atoms with E-state index >= 15 is 0 Å². The Bertz CT molecular complexity index is 880. The first-order chi connectivity index (χ1) is 12.1. The average Bonchev–Trinajstić information content (AvgIpc) is 2.89. The van der Waals surface area contributed by atoms with Gasteiger partial charge in [-0.1, -0.05) is 31.0 Å². The number of rotatable bonds is 3. The Hall–Kier alpha value is -2.70. The molecular weight excluding hydrogens is 325 g/mol. The van der Waals surface area contributed by atoms with Crippen LogP contribution in [0.1, 0.15) is 41.6 Å². The molecule has 1 N–H and O–H groups in total. The zero-order chi connectivity index (χ0) is 17.8. The summed E-state index contributed by atoms with van der Waals surface area (Å²) in [6.07, 6.45) is 5.09. The third-order valence-corrected chi connectivity index (χ3v) is 4.47. The molecule has 0 bridgehead atoms. The van der Waals surface area contributed by atoms with Crippen LogP contribution < -0.4 is 11.2 Å². The molecule has 2 heterocycles. The number of likely N-dealkylation sites (tertiary alicyclic amines) is 1. The normalized spacial score (nSPS) is 15.0. The fourth-order valence-electron chi connectivity index (χ4n) is 3.05. The van der Waals surface area contributed by atoms with Crippen molar-refractivity contribution in [3.63, 3.8) is 0 Å². The average molecular weight is 345 g/mol. The SMILES string of the molecule is O=C(c1c[nH]c(=O)n(Cc2ccccc2F)c1=O)N1CCCCCC1. The van der Waals surface area contributed by atoms with E-state index in [0.29, 0.717) is 13.1 Å². The topological polar surface area (TPSA) is 75.2 Å². The predicted octanol–water partition coefficient (Wildman–Crippen LogP) is 1.74. The number of H-pyrrole nitrogens is 1. The fourth-order valence-corrected chi connectivity index (χ4v) is 3.05. The van der Waals surface area contributed by atoms with Crippen molar-refractivity contribution in [3.8, 4) is 0 Å². The van der Waals surface area contributed by atoms with Gasteiger partial charge in [-0.3, -0.25) is 14.2 Å². The Morgan fingerprint density at radius 3 is 2.44 bits per heavy atom. The molecule has 0 spiro atoms. The van der Waals surface area contributed by atoms with E-state index in [-0.39, 0.29) is 23.6 Å². The summed E-state index contributed by atoms with van der Waals surface area (Å²) < 4.78 is 14.7. The number of carbonyl (C=O) groups excluding carboxylic acids is 1. The second-order valence-corrected chi connectivity index (χ2v) is 6.20. The second-order valence-electron chi connectivity index (χ2n) is 6.20. The number of halogens is 1. The van der Waals surface area contributed by atoms with Crippen molar-refractivity contribution in [2.45, 2.75) is 32.2 Å². The standard InChI is InChI=1S/C18H20FN3O3/c19-15-8-4-3-7-13(15)12-22-17(24)14(11-20-18(22)25)16(23)21-9-5-1-2-6-10-21/h3-4,7-8,11H,1-2,5-6,9-10,12H2,(H,20,25). The number of hydrogen-bond donors (Lipinski definition) is 1. The molecule has 1 saturated heterocycles. The molecule has 1 aliphatic rings. The lowest BCUT2D eigenvalue weighted by atomic mass is 10.2. The van der Waals surface area contributed by atoms with Crippen LogP contribution >= 0.6 is 0 Å². The lowest BCUT2D eigenvalue weighted by Crippen LogP contribution is -2.42. The van der Waals surface area contributed by atoms with Gasteiger partial charge in [0.1, 0.15) is 11.4 Å². The van der Waals surface area contributed by atoms with Crippen LogP contribution in [0.2, 0.25) is 0 Å². The molecule has 25 heavy (non-hydrogen) atoms. The molecule has 1 aliphatic heterocycles. The Kier molecular flexibility index (Phi) is 5.11. The predicted molar refractivity (Wildman–Crippen MR) is 91.2 cm³/mol. The summed E-state index contributed by atoms with van der Waals surface area (Å²) >= 11 is 0. The van der Waals surface area contributed by atoms with Gasteiger partial charge in [-0.25, -0.2) is 9.18 Å². The Balaban J connectivity index is 1.94. The molecule has 132 valence electrons. The van der Waals surface area contributed by atoms with E-state index in [9.17, 15) is 18.8 Å². The zero-order valence-corrected chi connectivity index (χ0v) is 13.8. The van der Waals surface area contributed by atoms with Gasteiger partial charge in [-0.15, -0.1) is 0 Å². The van der Waals surface area contributed by atoms with Crippen LogP contribution in [-0.4, -0.2) is 33.4 Å². The Morgan fingerprint density at radius 1 is 1.08 bits per heavy atom. The van der Waals surface area contributed by atoms with Crippen LogP contribution in [-0.2, 0) is 6.54 Å². The lowest BCUT2D eigenvalue weighted by Gasteiger charge is -2.20. The van der Waals surface area contributed by atoms with Gasteiger partial charge in [0.2, 0.25) is 0 Å². The monoisotopic (exact) mass is 345 g/mol. The highest BCUT2D eigenvalue weighted by Crippen LogP contribution is 2.12. The molecule has 1 amide bonds. The van der Waals surface area contributed by atoms with Crippen LogP contribution in [0.15, 0.2) is 40.1 Å². The van der Waals surface area contributed by atoms with Crippen molar-refractivity contribution >= 4 is 5.91 Å². The van der Waals surface area contributed by atoms with Crippen molar-refractivity contribution in [3.05, 3.63) is 68.2 Å². The number of amides is 1. The molecule has 0 unspecified atom stereocenters. The van der Waals surface area contributed by atoms with Crippen LogP contribution in [0.5, 0.6) is 0 Å². The number of carbonyl (C=O) groups is 1. The van der Waals surface area contributed by atoms with E-state index in [0.717, 1.165) is 36.4 Å². The summed E-state index contributed by atoms with van der Waals surface area (Å²) in [6.45, 7) is 0.984. The number of aromatic amines is 1. The van der Waals surface area contributed by atoms with Gasteiger partial charge in [-0.2, -0.15) is 0 Å². The third kappa shape index (κ3) is 3.70. The van der Waals surface area contributed by atoms with Crippen molar-refractivity contribution in [2.75, 3.05) is 13.1 Å². The van der Waals surface area contributed by atoms with E-state index in [2.05, 4.69) is 4.98 Å². The molecule has 0 radical (unpaired) electrons. The van der Waals surface area contributed by atoms with E-state index in [4.69, 9.17) is 0 Å². The van der Waals surface area contributed by atoms with Gasteiger partial charge in [-0.05, 0) is 18.9 Å². The lowest BCUT2D eigenvalue weighted by molar-refractivity contribution is 0.0758. The van der Waals surface area contributed by atoms with E-state index < -0.39 is 17.1 Å². The van der Waals surface area contributed by atoms with Crippen molar-refractivity contribution in [1.82, 2.24) is 14.5 Å². The first-order valence-electron chi connectivity index (χ1n) is 8.43. The van der Waals surface area contributed by atoms with E-state index in [1.165, 1.54) is 18.2 Å². The molecule has 6 nitrogen and oxygen atoms in total. The highest BCUT2D eigenvalue weighted by Gasteiger charge is 2.22.